The minimum Gasteiger partial charge on any atom is -0.480 e. The number of halogens is 3. The molecule has 3 aromatic carbocycles. The maximum absolute atomic E-state index is 13.0. The summed E-state index contributed by atoms with van der Waals surface area (Å²) in [4.78, 5) is 12.2. The molecule has 1 atom stereocenters. The van der Waals surface area contributed by atoms with Crippen molar-refractivity contribution >= 4 is 23.2 Å². The fourth-order valence-electron chi connectivity index (χ4n) is 3.85. The molecular formula is C24H18ClF2NO3. The topological polar surface area (TPSA) is 47.6 Å². The molecule has 0 saturated heterocycles. The normalized spacial score (nSPS) is 16.8. The van der Waals surface area contributed by atoms with E-state index in [0.29, 0.717) is 27.6 Å². The van der Waals surface area contributed by atoms with Gasteiger partial charge in [-0.1, -0.05) is 35.9 Å². The van der Waals surface area contributed by atoms with Crippen LogP contribution in [0.5, 0.6) is 11.5 Å². The molecule has 1 amide bonds. The van der Waals surface area contributed by atoms with Crippen LogP contribution in [0.15, 0.2) is 60.7 Å². The zero-order valence-corrected chi connectivity index (χ0v) is 17.0. The van der Waals surface area contributed by atoms with Crippen molar-refractivity contribution in [2.75, 3.05) is 5.32 Å². The Kier molecular flexibility index (Phi) is 5.02. The number of hydrogen-bond acceptors (Lipinski definition) is 3. The van der Waals surface area contributed by atoms with Gasteiger partial charge in [0.2, 0.25) is 5.91 Å². The SMILES string of the molecule is O=C(Nc1ccc2c(c1)C(c1cccc(Cl)c1)Oc1cccc(OC(F)F)c1-2)C1CC1. The molecule has 0 spiro atoms. The lowest BCUT2D eigenvalue weighted by Crippen LogP contribution is -2.18. The molecule has 1 unspecified atom stereocenters. The third-order valence-corrected chi connectivity index (χ3v) is 5.65. The molecule has 158 valence electrons. The summed E-state index contributed by atoms with van der Waals surface area (Å²) in [6.45, 7) is -2.96. The van der Waals surface area contributed by atoms with Crippen molar-refractivity contribution in [3.05, 3.63) is 76.8 Å². The first-order valence-electron chi connectivity index (χ1n) is 9.95. The molecule has 1 saturated carbocycles. The first-order chi connectivity index (χ1) is 15.0. The van der Waals surface area contributed by atoms with Crippen molar-refractivity contribution in [2.24, 2.45) is 5.92 Å². The zero-order valence-electron chi connectivity index (χ0n) is 16.3. The Morgan fingerprint density at radius 3 is 2.65 bits per heavy atom. The number of rotatable bonds is 5. The van der Waals surface area contributed by atoms with Crippen molar-refractivity contribution in [3.8, 4) is 22.6 Å². The van der Waals surface area contributed by atoms with Crippen LogP contribution in [0, 0.1) is 5.92 Å². The molecule has 1 heterocycles. The highest BCUT2D eigenvalue weighted by Crippen LogP contribution is 2.50. The van der Waals surface area contributed by atoms with E-state index in [-0.39, 0.29) is 17.6 Å². The Morgan fingerprint density at radius 2 is 1.90 bits per heavy atom. The molecule has 7 heteroatoms. The third-order valence-electron chi connectivity index (χ3n) is 5.42. The van der Waals surface area contributed by atoms with Crippen LogP contribution in [-0.2, 0) is 4.79 Å². The van der Waals surface area contributed by atoms with Gasteiger partial charge in [0.1, 0.15) is 17.6 Å². The van der Waals surface area contributed by atoms with Crippen LogP contribution in [0.1, 0.15) is 30.1 Å². The van der Waals surface area contributed by atoms with Crippen molar-refractivity contribution < 1.29 is 23.0 Å². The minimum atomic E-state index is -2.96. The average molecular weight is 442 g/mol. The number of nitrogens with one attached hydrogen (secondary N) is 1. The second kappa shape index (κ2) is 7.85. The van der Waals surface area contributed by atoms with Gasteiger partial charge in [-0.15, -0.1) is 0 Å². The van der Waals surface area contributed by atoms with Gasteiger partial charge in [-0.05, 0) is 60.4 Å². The molecule has 4 nitrogen and oxygen atoms in total. The molecule has 0 aromatic heterocycles. The van der Waals surface area contributed by atoms with E-state index in [4.69, 9.17) is 21.1 Å². The molecule has 5 rings (SSSR count). The fraction of sp³-hybridized carbons (Fsp3) is 0.208. The zero-order chi connectivity index (χ0) is 21.5. The summed E-state index contributed by atoms with van der Waals surface area (Å²) in [6, 6.07) is 17.5. The third kappa shape index (κ3) is 3.95. The van der Waals surface area contributed by atoms with Crippen LogP contribution in [0.25, 0.3) is 11.1 Å². The van der Waals surface area contributed by atoms with Gasteiger partial charge in [-0.25, -0.2) is 0 Å². The number of anilines is 1. The lowest BCUT2D eigenvalue weighted by Gasteiger charge is -2.30. The maximum Gasteiger partial charge on any atom is 0.387 e. The standard InChI is InChI=1S/C24H18ClF2NO3/c25-15-4-1-3-14(11-15)22-18-12-16(28-23(29)13-7-8-13)9-10-17(18)21-19(30-22)5-2-6-20(21)31-24(26)27/h1-6,9-13,22,24H,7-8H2,(H,28,29). The van der Waals surface area contributed by atoms with Gasteiger partial charge in [-0.2, -0.15) is 8.78 Å². The number of carbonyl (C=O) groups is 1. The first kappa shape index (κ1) is 19.8. The molecular weight excluding hydrogens is 424 g/mol. The van der Waals surface area contributed by atoms with E-state index in [1.807, 2.05) is 18.2 Å². The van der Waals surface area contributed by atoms with Crippen LogP contribution in [0.3, 0.4) is 0 Å². The first-order valence-corrected chi connectivity index (χ1v) is 10.3. The van der Waals surface area contributed by atoms with Gasteiger partial charge in [0.15, 0.2) is 0 Å². The van der Waals surface area contributed by atoms with Crippen LogP contribution in [-0.4, -0.2) is 12.5 Å². The molecule has 0 radical (unpaired) electrons. The number of ether oxygens (including phenoxy) is 2. The molecule has 31 heavy (non-hydrogen) atoms. The summed E-state index contributed by atoms with van der Waals surface area (Å²) in [5, 5.41) is 3.49. The van der Waals surface area contributed by atoms with E-state index in [1.165, 1.54) is 6.07 Å². The number of alkyl halides is 2. The quantitative estimate of drug-likeness (QED) is 0.495. The second-order valence-electron chi connectivity index (χ2n) is 7.63. The molecule has 1 aliphatic heterocycles. The number of benzene rings is 3. The summed E-state index contributed by atoms with van der Waals surface area (Å²) in [5.41, 5.74) is 3.32. The minimum absolute atomic E-state index is 0.0156. The van der Waals surface area contributed by atoms with E-state index in [2.05, 4.69) is 5.32 Å². The molecule has 0 bridgehead atoms. The number of fused-ring (bicyclic) bond motifs is 3. The summed E-state index contributed by atoms with van der Waals surface area (Å²) >= 11 is 6.20. The molecule has 3 aromatic rings. The van der Waals surface area contributed by atoms with Crippen LogP contribution >= 0.6 is 11.6 Å². The summed E-state index contributed by atoms with van der Waals surface area (Å²) in [7, 11) is 0. The predicted octanol–water partition coefficient (Wildman–Crippen LogP) is 6.44. The van der Waals surface area contributed by atoms with Crippen molar-refractivity contribution in [1.82, 2.24) is 0 Å². The van der Waals surface area contributed by atoms with E-state index in [0.717, 1.165) is 24.0 Å². The molecule has 1 N–H and O–H groups in total. The van der Waals surface area contributed by atoms with Gasteiger partial charge in [0, 0.05) is 22.2 Å². The molecule has 1 fully saturated rings. The Balaban J connectivity index is 1.63. The Bertz CT molecular complexity index is 1160. The summed E-state index contributed by atoms with van der Waals surface area (Å²) < 4.78 is 37.0. The number of hydrogen-bond donors (Lipinski definition) is 1. The molecule has 2 aliphatic rings. The smallest absolute Gasteiger partial charge is 0.387 e. The fourth-order valence-corrected chi connectivity index (χ4v) is 4.05. The molecule has 1 aliphatic carbocycles. The highest BCUT2D eigenvalue weighted by molar-refractivity contribution is 6.30. The van der Waals surface area contributed by atoms with Crippen molar-refractivity contribution in [3.63, 3.8) is 0 Å². The van der Waals surface area contributed by atoms with Crippen molar-refractivity contribution in [2.45, 2.75) is 25.6 Å². The van der Waals surface area contributed by atoms with E-state index in [9.17, 15) is 13.6 Å². The Hall–Kier alpha value is -3.12. The van der Waals surface area contributed by atoms with Crippen LogP contribution in [0.4, 0.5) is 14.5 Å². The van der Waals surface area contributed by atoms with Crippen molar-refractivity contribution in [1.29, 1.82) is 0 Å². The maximum atomic E-state index is 13.0. The average Bonchev–Trinajstić information content (AvgIpc) is 3.58. The van der Waals surface area contributed by atoms with E-state index in [1.54, 1.807) is 36.4 Å². The summed E-state index contributed by atoms with van der Waals surface area (Å²) in [6.07, 6.45) is 1.26. The van der Waals surface area contributed by atoms with Gasteiger partial charge < -0.3 is 14.8 Å². The summed E-state index contributed by atoms with van der Waals surface area (Å²) in [5.74, 6) is 0.513. The van der Waals surface area contributed by atoms with Crippen LogP contribution < -0.4 is 14.8 Å². The number of amides is 1. The lowest BCUT2D eigenvalue weighted by atomic mass is 9.88. The monoisotopic (exact) mass is 441 g/mol. The lowest BCUT2D eigenvalue weighted by molar-refractivity contribution is -0.117. The van der Waals surface area contributed by atoms with Crippen LogP contribution in [0.2, 0.25) is 5.02 Å². The van der Waals surface area contributed by atoms with Gasteiger partial charge >= 0.3 is 6.61 Å². The van der Waals surface area contributed by atoms with Gasteiger partial charge in [0.25, 0.3) is 0 Å². The highest BCUT2D eigenvalue weighted by atomic mass is 35.5. The van der Waals surface area contributed by atoms with Gasteiger partial charge in [-0.3, -0.25) is 4.79 Å². The highest BCUT2D eigenvalue weighted by Gasteiger charge is 2.32. The Labute approximate surface area is 182 Å². The van der Waals surface area contributed by atoms with Gasteiger partial charge in [0.05, 0.1) is 5.56 Å². The van der Waals surface area contributed by atoms with E-state index < -0.39 is 12.7 Å². The number of carbonyl (C=O) groups excluding carboxylic acids is 1. The second-order valence-corrected chi connectivity index (χ2v) is 8.06. The predicted molar refractivity (Wildman–Crippen MR) is 114 cm³/mol. The largest absolute Gasteiger partial charge is 0.480 e. The Morgan fingerprint density at radius 1 is 1.10 bits per heavy atom. The van der Waals surface area contributed by atoms with E-state index >= 15 is 0 Å².